The SMILES string of the molecule is O=C1CCNC(=O)C2CN(I)C=C12. The van der Waals surface area contributed by atoms with Crippen molar-refractivity contribution in [2.75, 3.05) is 13.1 Å². The van der Waals surface area contributed by atoms with E-state index in [9.17, 15) is 9.59 Å². The van der Waals surface area contributed by atoms with E-state index in [0.717, 1.165) is 0 Å². The molecule has 2 aliphatic rings. The molecular formula is C8H9IN2O2. The van der Waals surface area contributed by atoms with Crippen molar-refractivity contribution in [3.8, 4) is 0 Å². The van der Waals surface area contributed by atoms with Crippen LogP contribution in [0.3, 0.4) is 0 Å². The van der Waals surface area contributed by atoms with Gasteiger partial charge in [0.2, 0.25) is 5.91 Å². The van der Waals surface area contributed by atoms with Crippen molar-refractivity contribution < 1.29 is 9.59 Å². The first-order valence-corrected chi connectivity index (χ1v) is 5.10. The molecule has 0 bridgehead atoms. The van der Waals surface area contributed by atoms with Crippen LogP contribution >= 0.6 is 22.9 Å². The molecule has 70 valence electrons. The van der Waals surface area contributed by atoms with Gasteiger partial charge in [-0.1, -0.05) is 0 Å². The van der Waals surface area contributed by atoms with E-state index < -0.39 is 0 Å². The maximum Gasteiger partial charge on any atom is 0.229 e. The van der Waals surface area contributed by atoms with E-state index in [-0.39, 0.29) is 17.6 Å². The molecular weight excluding hydrogens is 283 g/mol. The minimum Gasteiger partial charge on any atom is -0.355 e. The van der Waals surface area contributed by atoms with Crippen LogP contribution in [0, 0.1) is 5.92 Å². The molecule has 13 heavy (non-hydrogen) atoms. The topological polar surface area (TPSA) is 49.4 Å². The molecule has 0 radical (unpaired) electrons. The summed E-state index contributed by atoms with van der Waals surface area (Å²) in [6.07, 6.45) is 2.21. The van der Waals surface area contributed by atoms with Crippen molar-refractivity contribution in [3.05, 3.63) is 11.8 Å². The number of fused-ring (bicyclic) bond motifs is 1. The second-order valence-corrected chi connectivity index (χ2v) is 4.42. The number of ketones is 1. The van der Waals surface area contributed by atoms with Gasteiger partial charge in [-0.15, -0.1) is 0 Å². The second-order valence-electron chi connectivity index (χ2n) is 3.18. The zero-order valence-corrected chi connectivity index (χ0v) is 9.08. The van der Waals surface area contributed by atoms with E-state index in [4.69, 9.17) is 0 Å². The Hall–Kier alpha value is -0.590. The molecule has 0 aromatic heterocycles. The Morgan fingerprint density at radius 1 is 1.54 bits per heavy atom. The highest BCUT2D eigenvalue weighted by molar-refractivity contribution is 14.1. The molecule has 0 spiro atoms. The van der Waals surface area contributed by atoms with E-state index in [2.05, 4.69) is 28.2 Å². The molecule has 2 aliphatic heterocycles. The van der Waals surface area contributed by atoms with Crippen LogP contribution in [0.25, 0.3) is 0 Å². The van der Waals surface area contributed by atoms with Crippen LogP contribution in [-0.2, 0) is 9.59 Å². The number of hydrogen-bond donors (Lipinski definition) is 1. The Kier molecular flexibility index (Phi) is 2.27. The van der Waals surface area contributed by atoms with Crippen molar-refractivity contribution in [3.63, 3.8) is 0 Å². The second kappa shape index (κ2) is 3.28. The number of carbonyl (C=O) groups is 2. The van der Waals surface area contributed by atoms with Gasteiger partial charge in [0, 0.05) is 31.3 Å². The number of rotatable bonds is 0. The van der Waals surface area contributed by atoms with Gasteiger partial charge in [-0.05, 0) is 0 Å². The maximum atomic E-state index is 11.5. The lowest BCUT2D eigenvalue weighted by Gasteiger charge is -2.09. The van der Waals surface area contributed by atoms with Gasteiger partial charge in [-0.2, -0.15) is 0 Å². The molecule has 1 atom stereocenters. The van der Waals surface area contributed by atoms with Crippen LogP contribution in [0.5, 0.6) is 0 Å². The lowest BCUT2D eigenvalue weighted by atomic mass is 9.98. The first kappa shape index (κ1) is 8.98. The summed E-state index contributed by atoms with van der Waals surface area (Å²) in [4.78, 5) is 22.9. The number of hydrogen-bond acceptors (Lipinski definition) is 3. The van der Waals surface area contributed by atoms with Gasteiger partial charge in [-0.25, -0.2) is 0 Å². The molecule has 1 fully saturated rings. The monoisotopic (exact) mass is 292 g/mol. The molecule has 0 aliphatic carbocycles. The molecule has 0 aromatic carbocycles. The number of halogens is 1. The summed E-state index contributed by atoms with van der Waals surface area (Å²) in [7, 11) is 0. The Balaban J connectivity index is 2.31. The predicted molar refractivity (Wildman–Crippen MR) is 54.9 cm³/mol. The molecule has 5 heteroatoms. The Labute approximate surface area is 89.8 Å². The van der Waals surface area contributed by atoms with E-state index >= 15 is 0 Å². The van der Waals surface area contributed by atoms with Gasteiger partial charge < -0.3 is 8.43 Å². The Bertz CT molecular complexity index is 301. The minimum atomic E-state index is -0.244. The summed E-state index contributed by atoms with van der Waals surface area (Å²) in [6.45, 7) is 1.10. The lowest BCUT2D eigenvalue weighted by molar-refractivity contribution is -0.124. The number of amides is 1. The molecule has 0 saturated carbocycles. The van der Waals surface area contributed by atoms with Gasteiger partial charge in [0.1, 0.15) is 0 Å². The van der Waals surface area contributed by atoms with Gasteiger partial charge in [0.05, 0.1) is 28.8 Å². The van der Waals surface area contributed by atoms with Crippen LogP contribution in [0.2, 0.25) is 0 Å². The first-order chi connectivity index (χ1) is 6.18. The highest BCUT2D eigenvalue weighted by Gasteiger charge is 2.35. The fraction of sp³-hybridized carbons (Fsp3) is 0.500. The summed E-state index contributed by atoms with van der Waals surface area (Å²) in [6, 6.07) is 0. The minimum absolute atomic E-state index is 0.0173. The van der Waals surface area contributed by atoms with Crippen LogP contribution in [0.1, 0.15) is 6.42 Å². The number of Topliss-reactive ketones (excluding diaryl/α,β-unsaturated/α-hetero) is 1. The quantitative estimate of drug-likeness (QED) is 0.514. The number of carbonyl (C=O) groups excluding carboxylic acids is 2. The standard InChI is InChI=1S/C8H9IN2O2/c9-11-3-5-6(4-11)8(13)10-2-1-7(5)12/h3,6H,1-2,4H2,(H,10,13). The lowest BCUT2D eigenvalue weighted by Crippen LogP contribution is -2.31. The van der Waals surface area contributed by atoms with Crippen LogP contribution in [-0.4, -0.2) is 27.9 Å². The fourth-order valence-electron chi connectivity index (χ4n) is 1.62. The van der Waals surface area contributed by atoms with E-state index in [1.165, 1.54) is 0 Å². The summed E-state index contributed by atoms with van der Waals surface area (Å²) in [5.74, 6) is -0.161. The molecule has 1 amide bonds. The maximum absolute atomic E-state index is 11.5. The van der Waals surface area contributed by atoms with Crippen molar-refractivity contribution in [1.29, 1.82) is 0 Å². The normalized spacial score (nSPS) is 27.9. The zero-order chi connectivity index (χ0) is 9.42. The molecule has 1 saturated heterocycles. The molecule has 1 unspecified atom stereocenters. The smallest absolute Gasteiger partial charge is 0.229 e. The third kappa shape index (κ3) is 1.56. The van der Waals surface area contributed by atoms with E-state index in [1.54, 1.807) is 6.20 Å². The Morgan fingerprint density at radius 2 is 2.31 bits per heavy atom. The average Bonchev–Trinajstić information content (AvgIpc) is 2.41. The molecule has 4 nitrogen and oxygen atoms in total. The highest BCUT2D eigenvalue weighted by atomic mass is 127. The van der Waals surface area contributed by atoms with Crippen molar-refractivity contribution in [1.82, 2.24) is 8.43 Å². The molecule has 1 N–H and O–H groups in total. The summed E-state index contributed by atoms with van der Waals surface area (Å²) < 4.78 is 1.86. The van der Waals surface area contributed by atoms with Crippen LogP contribution < -0.4 is 5.32 Å². The number of nitrogens with one attached hydrogen (secondary N) is 1. The molecule has 0 aromatic rings. The Morgan fingerprint density at radius 3 is 3.08 bits per heavy atom. The van der Waals surface area contributed by atoms with Crippen LogP contribution in [0.15, 0.2) is 11.8 Å². The number of nitrogens with zero attached hydrogens (tertiary/aromatic N) is 1. The van der Waals surface area contributed by atoms with E-state index in [1.807, 2.05) is 3.11 Å². The first-order valence-electron chi connectivity index (χ1n) is 4.13. The van der Waals surface area contributed by atoms with Gasteiger partial charge in [0.25, 0.3) is 0 Å². The third-order valence-electron chi connectivity index (χ3n) is 2.30. The van der Waals surface area contributed by atoms with Crippen molar-refractivity contribution >= 4 is 34.6 Å². The zero-order valence-electron chi connectivity index (χ0n) is 6.92. The van der Waals surface area contributed by atoms with Crippen molar-refractivity contribution in [2.24, 2.45) is 5.92 Å². The van der Waals surface area contributed by atoms with Crippen molar-refractivity contribution in [2.45, 2.75) is 6.42 Å². The highest BCUT2D eigenvalue weighted by Crippen LogP contribution is 2.27. The summed E-state index contributed by atoms with van der Waals surface area (Å²) >= 11 is 2.09. The average molecular weight is 292 g/mol. The third-order valence-corrected chi connectivity index (χ3v) is 2.97. The molecule has 2 heterocycles. The molecule has 2 rings (SSSR count). The van der Waals surface area contributed by atoms with Crippen LogP contribution in [0.4, 0.5) is 0 Å². The van der Waals surface area contributed by atoms with Gasteiger partial charge >= 0.3 is 0 Å². The largest absolute Gasteiger partial charge is 0.355 e. The predicted octanol–water partition coefficient (Wildman–Crippen LogP) is 0.241. The van der Waals surface area contributed by atoms with Gasteiger partial charge in [0.15, 0.2) is 5.78 Å². The fourth-order valence-corrected chi connectivity index (χ4v) is 2.32. The summed E-state index contributed by atoms with van der Waals surface area (Å²) in [5, 5.41) is 2.74. The van der Waals surface area contributed by atoms with E-state index in [0.29, 0.717) is 25.1 Å². The summed E-state index contributed by atoms with van der Waals surface area (Å²) in [5.41, 5.74) is 0.671. The van der Waals surface area contributed by atoms with Gasteiger partial charge in [-0.3, -0.25) is 9.59 Å².